The summed E-state index contributed by atoms with van der Waals surface area (Å²) in [5.41, 5.74) is -4.11. The molecule has 40 heavy (non-hydrogen) atoms. The largest absolute Gasteiger partial charge is 0.490 e. The zero-order valence-corrected chi connectivity index (χ0v) is 21.2. The number of aromatic nitrogens is 3. The van der Waals surface area contributed by atoms with Gasteiger partial charge in [0.15, 0.2) is 11.6 Å². The van der Waals surface area contributed by atoms with Crippen LogP contribution in [0, 0.1) is 0 Å². The number of anilines is 2. The van der Waals surface area contributed by atoms with Crippen LogP contribution in [0.2, 0.25) is 0 Å². The summed E-state index contributed by atoms with van der Waals surface area (Å²) in [6.45, 7) is 2.71. The maximum atomic E-state index is 13.2. The molecule has 0 aromatic carbocycles. The Morgan fingerprint density at radius 3 is 2.75 bits per heavy atom. The van der Waals surface area contributed by atoms with E-state index in [2.05, 4.69) is 15.4 Å². The molecule has 16 heteroatoms. The van der Waals surface area contributed by atoms with E-state index in [1.807, 2.05) is 4.90 Å². The van der Waals surface area contributed by atoms with Gasteiger partial charge in [-0.2, -0.15) is 31.4 Å². The molecule has 4 rings (SSSR count). The van der Waals surface area contributed by atoms with Crippen molar-refractivity contribution in [1.29, 1.82) is 0 Å². The lowest BCUT2D eigenvalue weighted by Gasteiger charge is -2.40. The Hall–Kier alpha value is -3.82. The third-order valence-electron chi connectivity index (χ3n) is 6.32. The Balaban J connectivity index is 1.26. The number of carbonyl (C=O) groups is 1. The molecule has 2 unspecified atom stereocenters. The summed E-state index contributed by atoms with van der Waals surface area (Å²) >= 11 is 0. The molecule has 2 aromatic rings. The van der Waals surface area contributed by atoms with E-state index in [-0.39, 0.29) is 37.5 Å². The van der Waals surface area contributed by atoms with Gasteiger partial charge in [0.05, 0.1) is 43.3 Å². The van der Waals surface area contributed by atoms with Gasteiger partial charge in [0.25, 0.3) is 5.56 Å². The first kappa shape index (κ1) is 29.2. The number of nitrogens with zero attached hydrogens (tertiary/aromatic N) is 4. The van der Waals surface area contributed by atoms with Crippen LogP contribution < -0.4 is 20.5 Å². The summed E-state index contributed by atoms with van der Waals surface area (Å²) in [5, 5.41) is 7.70. The van der Waals surface area contributed by atoms with Crippen LogP contribution >= 0.6 is 0 Å². The highest BCUT2D eigenvalue weighted by Gasteiger charge is 2.38. The molecule has 1 saturated heterocycles. The van der Waals surface area contributed by atoms with Gasteiger partial charge in [0.1, 0.15) is 5.56 Å². The van der Waals surface area contributed by atoms with Gasteiger partial charge in [-0.15, -0.1) is 0 Å². The van der Waals surface area contributed by atoms with Crippen molar-refractivity contribution in [3.05, 3.63) is 52.1 Å². The summed E-state index contributed by atoms with van der Waals surface area (Å²) in [5.74, 6) is 0.0833. The number of nitrogens with one attached hydrogen (secondary N) is 2. The molecule has 2 aromatic heterocycles. The molecule has 1 fully saturated rings. The number of hydrogen-bond acceptors (Lipinski definition) is 8. The Bertz CT molecular complexity index is 1300. The van der Waals surface area contributed by atoms with Crippen LogP contribution in [0.1, 0.15) is 24.5 Å². The van der Waals surface area contributed by atoms with Crippen LogP contribution in [0.25, 0.3) is 0 Å². The molecule has 2 atom stereocenters. The van der Waals surface area contributed by atoms with E-state index in [4.69, 9.17) is 9.47 Å². The van der Waals surface area contributed by atoms with E-state index >= 15 is 0 Å². The highest BCUT2D eigenvalue weighted by atomic mass is 19.4. The number of ether oxygens (including phenoxy) is 2. The van der Waals surface area contributed by atoms with Crippen molar-refractivity contribution in [2.45, 2.75) is 37.8 Å². The predicted octanol–water partition coefficient (Wildman–Crippen LogP) is 3.08. The van der Waals surface area contributed by atoms with Crippen LogP contribution in [-0.4, -0.2) is 77.5 Å². The van der Waals surface area contributed by atoms with Gasteiger partial charge in [-0.25, -0.2) is 10.1 Å². The highest BCUT2D eigenvalue weighted by molar-refractivity contribution is 5.87. The summed E-state index contributed by atoms with van der Waals surface area (Å²) in [6.07, 6.45) is -4.48. The smallest absolute Gasteiger partial charge is 0.423 e. The van der Waals surface area contributed by atoms with Crippen LogP contribution in [0.15, 0.2) is 35.4 Å². The summed E-state index contributed by atoms with van der Waals surface area (Å²) < 4.78 is 89.6. The average Bonchev–Trinajstić information content (AvgIpc) is 3.05. The number of hydrogen-bond donors (Lipinski definition) is 2. The molecule has 218 valence electrons. The number of halogens is 6. The molecule has 1 amide bonds. The molecule has 2 aliphatic rings. The Morgan fingerprint density at radius 1 is 1.25 bits per heavy atom. The number of carbonyl (C=O) groups excluding carboxylic acids is 1. The number of amides is 1. The number of fused-ring (bicyclic) bond motifs is 3. The van der Waals surface area contributed by atoms with Crippen molar-refractivity contribution >= 4 is 17.4 Å². The van der Waals surface area contributed by atoms with E-state index in [1.165, 1.54) is 12.2 Å². The zero-order chi connectivity index (χ0) is 29.1. The predicted molar refractivity (Wildman–Crippen MR) is 130 cm³/mol. The minimum absolute atomic E-state index is 0.00752. The summed E-state index contributed by atoms with van der Waals surface area (Å²) in [7, 11) is 0. The van der Waals surface area contributed by atoms with E-state index in [9.17, 15) is 35.9 Å². The fourth-order valence-corrected chi connectivity index (χ4v) is 4.46. The standard InChI is InChI=1S/C24H26F6N6O4/c1-14(33-17-11-32-34-22(38)20(17)24(28,29)30)13-39-7-2-3-19(37)35-5-6-36-16(12-35)4-8-40-18-9-15(23(25,26)27)10-31-21(18)36/h2-3,9-11,14,16H,4-8,12-13H2,1H3,(H2,33,34,38)/b3-2+. The molecule has 0 spiro atoms. The highest BCUT2D eigenvalue weighted by Crippen LogP contribution is 2.38. The molecule has 2 N–H and O–H groups in total. The lowest BCUT2D eigenvalue weighted by Crippen LogP contribution is -2.54. The molecule has 0 aliphatic carbocycles. The van der Waals surface area contributed by atoms with E-state index < -0.39 is 40.8 Å². The SMILES string of the molecule is CC(COC/C=C/C(=O)N1CCN2c3ncc(C(F)(F)F)cc3OCCC2C1)Nc1cn[nH]c(=O)c1C(F)(F)F. The van der Waals surface area contributed by atoms with Crippen molar-refractivity contribution in [2.75, 3.05) is 49.7 Å². The Kier molecular flexibility index (Phi) is 8.56. The van der Waals surface area contributed by atoms with Crippen LogP contribution in [0.4, 0.5) is 37.8 Å². The number of alkyl halides is 6. The number of rotatable bonds is 7. The second-order valence-corrected chi connectivity index (χ2v) is 9.28. The number of piperazine rings is 1. The average molecular weight is 576 g/mol. The second kappa shape index (κ2) is 11.7. The quantitative estimate of drug-likeness (QED) is 0.294. The van der Waals surface area contributed by atoms with Crippen molar-refractivity contribution in [2.24, 2.45) is 0 Å². The first-order valence-corrected chi connectivity index (χ1v) is 12.3. The molecule has 0 radical (unpaired) electrons. The van der Waals surface area contributed by atoms with Gasteiger partial charge in [0, 0.05) is 44.4 Å². The first-order valence-electron chi connectivity index (χ1n) is 12.3. The fourth-order valence-electron chi connectivity index (χ4n) is 4.46. The summed E-state index contributed by atoms with van der Waals surface area (Å²) in [4.78, 5) is 31.7. The van der Waals surface area contributed by atoms with Gasteiger partial charge in [0.2, 0.25) is 5.91 Å². The molecule has 4 heterocycles. The molecular formula is C24H26F6N6O4. The zero-order valence-electron chi connectivity index (χ0n) is 21.2. The van der Waals surface area contributed by atoms with Crippen molar-refractivity contribution in [1.82, 2.24) is 20.1 Å². The van der Waals surface area contributed by atoms with Crippen molar-refractivity contribution < 1.29 is 40.6 Å². The Labute approximate surface area is 224 Å². The van der Waals surface area contributed by atoms with E-state index in [1.54, 1.807) is 16.9 Å². The van der Waals surface area contributed by atoms with Gasteiger partial charge >= 0.3 is 12.4 Å². The maximum Gasteiger partial charge on any atom is 0.423 e. The molecule has 2 aliphatic heterocycles. The second-order valence-electron chi connectivity index (χ2n) is 9.28. The van der Waals surface area contributed by atoms with Gasteiger partial charge in [-0.1, -0.05) is 6.08 Å². The van der Waals surface area contributed by atoms with Crippen LogP contribution in [-0.2, 0) is 21.9 Å². The van der Waals surface area contributed by atoms with Crippen molar-refractivity contribution in [3.63, 3.8) is 0 Å². The Morgan fingerprint density at radius 2 is 2.02 bits per heavy atom. The lowest BCUT2D eigenvalue weighted by molar-refractivity contribution is -0.138. The molecule has 0 bridgehead atoms. The first-order chi connectivity index (χ1) is 18.8. The minimum atomic E-state index is -4.87. The minimum Gasteiger partial charge on any atom is -0.490 e. The normalized spacial score (nSPS) is 18.5. The third-order valence-corrected chi connectivity index (χ3v) is 6.32. The molecular weight excluding hydrogens is 550 g/mol. The van der Waals surface area contributed by atoms with Crippen LogP contribution in [0.5, 0.6) is 5.75 Å². The van der Waals surface area contributed by atoms with Gasteiger partial charge < -0.3 is 24.6 Å². The number of aromatic amines is 1. The maximum absolute atomic E-state index is 13.2. The third kappa shape index (κ3) is 6.84. The van der Waals surface area contributed by atoms with E-state index in [0.717, 1.165) is 18.5 Å². The van der Waals surface area contributed by atoms with Crippen molar-refractivity contribution in [3.8, 4) is 5.75 Å². The topological polar surface area (TPSA) is 113 Å². The van der Waals surface area contributed by atoms with Crippen LogP contribution in [0.3, 0.4) is 0 Å². The summed E-state index contributed by atoms with van der Waals surface area (Å²) in [6, 6.07) is 0.136. The van der Waals surface area contributed by atoms with Gasteiger partial charge in [-0.05, 0) is 13.0 Å². The molecule has 0 saturated carbocycles. The molecule has 10 nitrogen and oxygen atoms in total. The lowest BCUT2D eigenvalue weighted by atomic mass is 10.1. The number of H-pyrrole nitrogens is 1. The van der Waals surface area contributed by atoms with E-state index in [0.29, 0.717) is 31.9 Å². The fraction of sp³-hybridized carbons (Fsp3) is 0.500. The monoisotopic (exact) mass is 576 g/mol. The number of pyridine rings is 1. The van der Waals surface area contributed by atoms with Gasteiger partial charge in [-0.3, -0.25) is 9.59 Å².